The summed E-state index contributed by atoms with van der Waals surface area (Å²) < 4.78 is 12.1. The smallest absolute Gasteiger partial charge is 0.246 e. The number of halogens is 1. The molecular formula is C10H15IN2O3. The van der Waals surface area contributed by atoms with Crippen LogP contribution in [0.25, 0.3) is 0 Å². The van der Waals surface area contributed by atoms with Crippen LogP contribution in [0.3, 0.4) is 0 Å². The highest BCUT2D eigenvalue weighted by molar-refractivity contribution is 14.1. The minimum Gasteiger partial charge on any atom is -0.352 e. The van der Waals surface area contributed by atoms with Crippen LogP contribution in [0.4, 0.5) is 0 Å². The Kier molecular flexibility index (Phi) is 3.70. The van der Waals surface area contributed by atoms with Gasteiger partial charge in [-0.05, 0) is 6.42 Å². The SMILES string of the molecule is CO[C@@]1(CI)CC[C@H](N2C=CC(=O)NC2)O1. The van der Waals surface area contributed by atoms with E-state index in [0.29, 0.717) is 6.67 Å². The molecule has 2 rings (SSSR count). The summed E-state index contributed by atoms with van der Waals surface area (Å²) in [6.45, 7) is 0.501. The molecule has 6 heteroatoms. The third-order valence-corrected chi connectivity index (χ3v) is 4.08. The summed E-state index contributed by atoms with van der Waals surface area (Å²) in [7, 11) is 1.68. The van der Waals surface area contributed by atoms with Crippen molar-refractivity contribution in [1.82, 2.24) is 10.2 Å². The average molecular weight is 338 g/mol. The van der Waals surface area contributed by atoms with E-state index in [1.165, 1.54) is 6.08 Å². The first-order valence-electron chi connectivity index (χ1n) is 5.20. The number of carbonyl (C=O) groups excluding carboxylic acids is 1. The van der Waals surface area contributed by atoms with Gasteiger partial charge in [0.05, 0.1) is 11.1 Å². The van der Waals surface area contributed by atoms with E-state index >= 15 is 0 Å². The molecule has 90 valence electrons. The largest absolute Gasteiger partial charge is 0.352 e. The molecule has 1 N–H and O–H groups in total. The average Bonchev–Trinajstić information content (AvgIpc) is 2.75. The minimum atomic E-state index is -0.458. The lowest BCUT2D eigenvalue weighted by atomic mass is 10.2. The second-order valence-electron chi connectivity index (χ2n) is 3.89. The van der Waals surface area contributed by atoms with Crippen molar-refractivity contribution in [1.29, 1.82) is 0 Å². The summed E-state index contributed by atoms with van der Waals surface area (Å²) in [4.78, 5) is 13.0. The Morgan fingerprint density at radius 1 is 1.81 bits per heavy atom. The van der Waals surface area contributed by atoms with E-state index in [4.69, 9.17) is 9.47 Å². The lowest BCUT2D eigenvalue weighted by molar-refractivity contribution is -0.214. The first-order valence-corrected chi connectivity index (χ1v) is 6.72. The number of ether oxygens (including phenoxy) is 2. The summed E-state index contributed by atoms with van der Waals surface area (Å²) in [5.74, 6) is -0.512. The molecular weight excluding hydrogens is 323 g/mol. The molecule has 0 aromatic rings. The zero-order valence-electron chi connectivity index (χ0n) is 9.11. The predicted molar refractivity (Wildman–Crippen MR) is 66.7 cm³/mol. The Balaban J connectivity index is 1.98. The van der Waals surface area contributed by atoms with Crippen LogP contribution in [-0.2, 0) is 14.3 Å². The summed E-state index contributed by atoms with van der Waals surface area (Å²) in [6.07, 6.45) is 5.09. The second-order valence-corrected chi connectivity index (χ2v) is 4.65. The molecule has 0 aromatic heterocycles. The van der Waals surface area contributed by atoms with Gasteiger partial charge in [-0.15, -0.1) is 0 Å². The first-order chi connectivity index (χ1) is 7.69. The van der Waals surface area contributed by atoms with Crippen LogP contribution in [0.5, 0.6) is 0 Å². The Bertz CT molecular complexity index is 304. The number of hydrogen-bond acceptors (Lipinski definition) is 4. The molecule has 2 atom stereocenters. The van der Waals surface area contributed by atoms with Crippen LogP contribution in [0.2, 0.25) is 0 Å². The number of rotatable bonds is 3. The monoisotopic (exact) mass is 338 g/mol. The normalized spacial score (nSPS) is 34.2. The van der Waals surface area contributed by atoms with E-state index in [2.05, 4.69) is 27.9 Å². The predicted octanol–water partition coefficient (Wildman–Crippen LogP) is 0.804. The van der Waals surface area contributed by atoms with Gasteiger partial charge >= 0.3 is 0 Å². The van der Waals surface area contributed by atoms with Crippen molar-refractivity contribution in [3.63, 3.8) is 0 Å². The molecule has 2 heterocycles. The third-order valence-electron chi connectivity index (χ3n) is 2.92. The zero-order chi connectivity index (χ0) is 11.6. The van der Waals surface area contributed by atoms with Gasteiger partial charge in [0.2, 0.25) is 5.91 Å². The van der Waals surface area contributed by atoms with Crippen molar-refractivity contribution < 1.29 is 14.3 Å². The molecule has 0 bridgehead atoms. The molecule has 0 saturated carbocycles. The van der Waals surface area contributed by atoms with E-state index in [9.17, 15) is 4.79 Å². The van der Waals surface area contributed by atoms with Crippen LogP contribution < -0.4 is 5.32 Å². The maximum atomic E-state index is 11.0. The molecule has 0 spiro atoms. The molecule has 2 aliphatic heterocycles. The molecule has 2 aliphatic rings. The van der Waals surface area contributed by atoms with Crippen LogP contribution in [0, 0.1) is 0 Å². The van der Waals surface area contributed by atoms with E-state index in [-0.39, 0.29) is 12.1 Å². The van der Waals surface area contributed by atoms with Crippen molar-refractivity contribution in [2.24, 2.45) is 0 Å². The highest BCUT2D eigenvalue weighted by Gasteiger charge is 2.41. The van der Waals surface area contributed by atoms with Crippen LogP contribution in [-0.4, -0.2) is 41.0 Å². The van der Waals surface area contributed by atoms with Gasteiger partial charge in [0.1, 0.15) is 6.23 Å². The molecule has 0 aromatic carbocycles. The van der Waals surface area contributed by atoms with Crippen LogP contribution in [0.15, 0.2) is 12.3 Å². The van der Waals surface area contributed by atoms with Gasteiger partial charge < -0.3 is 19.7 Å². The van der Waals surface area contributed by atoms with Gasteiger partial charge in [-0.25, -0.2) is 0 Å². The lowest BCUT2D eigenvalue weighted by Gasteiger charge is -2.32. The molecule has 1 amide bonds. The summed E-state index contributed by atoms with van der Waals surface area (Å²) in [5.41, 5.74) is 0. The number of nitrogens with one attached hydrogen (secondary N) is 1. The fourth-order valence-electron chi connectivity index (χ4n) is 1.89. The van der Waals surface area contributed by atoms with Crippen molar-refractivity contribution in [2.75, 3.05) is 18.2 Å². The number of alkyl halides is 1. The standard InChI is InChI=1S/C10H15IN2O3/c1-15-10(6-11)4-2-9(16-10)13-5-3-8(14)12-7-13/h3,5,9H,2,4,6-7H2,1H3,(H,12,14)/t9-,10+/m1/s1. The van der Waals surface area contributed by atoms with Gasteiger partial charge in [-0.2, -0.15) is 0 Å². The fourth-order valence-corrected chi connectivity index (χ4v) is 2.76. The Morgan fingerprint density at radius 2 is 2.62 bits per heavy atom. The lowest BCUT2D eigenvalue weighted by Crippen LogP contribution is -2.45. The molecule has 0 unspecified atom stereocenters. The van der Waals surface area contributed by atoms with Gasteiger partial charge in [0.25, 0.3) is 0 Å². The fraction of sp³-hybridized carbons (Fsp3) is 0.700. The number of methoxy groups -OCH3 is 1. The molecule has 0 radical (unpaired) electrons. The quantitative estimate of drug-likeness (QED) is 0.611. The van der Waals surface area contributed by atoms with Gasteiger partial charge in [-0.1, -0.05) is 22.6 Å². The van der Waals surface area contributed by atoms with Crippen molar-refractivity contribution in [3.05, 3.63) is 12.3 Å². The molecule has 5 nitrogen and oxygen atoms in total. The molecule has 0 aliphatic carbocycles. The summed E-state index contributed by atoms with van der Waals surface area (Å²) >= 11 is 2.27. The number of hydrogen-bond donors (Lipinski definition) is 1. The van der Waals surface area contributed by atoms with Crippen molar-refractivity contribution >= 4 is 28.5 Å². The number of amides is 1. The van der Waals surface area contributed by atoms with Crippen LogP contribution in [0.1, 0.15) is 12.8 Å². The first kappa shape index (κ1) is 12.1. The topological polar surface area (TPSA) is 50.8 Å². The summed E-state index contributed by atoms with van der Waals surface area (Å²) in [6, 6.07) is 0. The molecule has 1 saturated heterocycles. The van der Waals surface area contributed by atoms with Gasteiger partial charge in [0.15, 0.2) is 5.79 Å². The second kappa shape index (κ2) is 4.89. The zero-order valence-corrected chi connectivity index (χ0v) is 11.3. The van der Waals surface area contributed by atoms with Crippen molar-refractivity contribution in [2.45, 2.75) is 24.9 Å². The van der Waals surface area contributed by atoms with E-state index in [0.717, 1.165) is 17.3 Å². The van der Waals surface area contributed by atoms with E-state index in [1.54, 1.807) is 13.3 Å². The van der Waals surface area contributed by atoms with Crippen molar-refractivity contribution in [3.8, 4) is 0 Å². The highest BCUT2D eigenvalue weighted by Crippen LogP contribution is 2.34. The van der Waals surface area contributed by atoms with E-state index < -0.39 is 5.79 Å². The Morgan fingerprint density at radius 3 is 3.12 bits per heavy atom. The molecule has 1 fully saturated rings. The number of nitrogens with zero attached hydrogens (tertiary/aromatic N) is 1. The van der Waals surface area contributed by atoms with Crippen LogP contribution >= 0.6 is 22.6 Å². The van der Waals surface area contributed by atoms with Gasteiger partial charge in [0, 0.05) is 25.8 Å². The van der Waals surface area contributed by atoms with Gasteiger partial charge in [-0.3, -0.25) is 4.79 Å². The minimum absolute atomic E-state index is 0.00781. The Labute approximate surface area is 108 Å². The maximum absolute atomic E-state index is 11.0. The maximum Gasteiger partial charge on any atom is 0.246 e. The van der Waals surface area contributed by atoms with E-state index in [1.807, 2.05) is 4.90 Å². The molecule has 16 heavy (non-hydrogen) atoms. The number of carbonyl (C=O) groups is 1. The third kappa shape index (κ3) is 2.33. The Hall–Kier alpha value is -0.340. The highest BCUT2D eigenvalue weighted by atomic mass is 127. The summed E-state index contributed by atoms with van der Waals surface area (Å²) in [5, 5.41) is 2.75.